The summed E-state index contributed by atoms with van der Waals surface area (Å²) in [6.45, 7) is 2.02. The van der Waals surface area contributed by atoms with Gasteiger partial charge < -0.3 is 14.4 Å². The summed E-state index contributed by atoms with van der Waals surface area (Å²) in [5.74, 6) is 0. The topological polar surface area (TPSA) is 47.3 Å². The van der Waals surface area contributed by atoms with Gasteiger partial charge >= 0.3 is 0 Å². The fourth-order valence-electron chi connectivity index (χ4n) is 2.35. The molecule has 0 aromatic carbocycles. The smallest absolute Gasteiger partial charge is 0.137 e. The fraction of sp³-hybridized carbons (Fsp3) is 0.500. The van der Waals surface area contributed by atoms with Crippen LogP contribution in [0, 0.1) is 4.64 Å². The second-order valence-corrected chi connectivity index (χ2v) is 5.68. The zero-order valence-electron chi connectivity index (χ0n) is 9.94. The third kappa shape index (κ3) is 1.89. The number of nitrogens with zero attached hydrogens (tertiary/aromatic N) is 2. The summed E-state index contributed by atoms with van der Waals surface area (Å²) in [4.78, 5) is 4.24. The van der Waals surface area contributed by atoms with Gasteiger partial charge in [-0.3, -0.25) is 0 Å². The number of aliphatic hydroxyl groups is 1. The Hall–Kier alpha value is -0.820. The van der Waals surface area contributed by atoms with Crippen LogP contribution in [0.4, 0.5) is 0 Å². The molecule has 0 radical (unpaired) electrons. The van der Waals surface area contributed by atoms with Gasteiger partial charge in [0.25, 0.3) is 0 Å². The van der Waals surface area contributed by atoms with Crippen LogP contribution in [0.15, 0.2) is 17.8 Å². The molecule has 0 amide bonds. The van der Waals surface area contributed by atoms with Crippen molar-refractivity contribution in [3.63, 3.8) is 0 Å². The van der Waals surface area contributed by atoms with E-state index in [9.17, 15) is 5.11 Å². The number of hydrogen-bond acceptors (Lipinski definition) is 5. The van der Waals surface area contributed by atoms with E-state index in [0.717, 1.165) is 21.3 Å². The van der Waals surface area contributed by atoms with Gasteiger partial charge in [0.2, 0.25) is 0 Å². The monoisotopic (exact) mass is 282 g/mol. The predicted molar refractivity (Wildman–Crippen MR) is 73.3 cm³/mol. The Morgan fingerprint density at radius 2 is 2.50 bits per heavy atom. The SMILES string of the molecule is CC[C@H]1O[C@H](n2ccc3ncsc3c2=S)CC1O. The number of aliphatic hydroxyl groups excluding tert-OH is 1. The number of fused-ring (bicyclic) bond motifs is 1. The van der Waals surface area contributed by atoms with E-state index in [1.165, 1.54) is 0 Å². The molecule has 1 fully saturated rings. The Morgan fingerprint density at radius 1 is 1.67 bits per heavy atom. The first-order valence-electron chi connectivity index (χ1n) is 5.98. The second kappa shape index (κ2) is 4.70. The fourth-order valence-corrected chi connectivity index (χ4v) is 3.50. The molecule has 3 atom stereocenters. The molecule has 4 nitrogen and oxygen atoms in total. The number of rotatable bonds is 2. The maximum atomic E-state index is 9.90. The minimum Gasteiger partial charge on any atom is -0.390 e. The van der Waals surface area contributed by atoms with E-state index < -0.39 is 6.10 Å². The standard InChI is InChI=1S/C12H14N2O2S2/c1-2-9-8(15)5-10(16-9)14-4-3-7-11(12(14)17)18-6-13-7/h3-4,6,8-10,15H,2,5H2,1H3/t8?,9-,10+/m1/s1. The van der Waals surface area contributed by atoms with Crippen molar-refractivity contribution in [3.05, 3.63) is 22.4 Å². The van der Waals surface area contributed by atoms with Crippen molar-refractivity contribution in [2.45, 2.75) is 38.2 Å². The van der Waals surface area contributed by atoms with Crippen LogP contribution in [0.25, 0.3) is 10.2 Å². The van der Waals surface area contributed by atoms with Crippen LogP contribution in [-0.2, 0) is 4.74 Å². The normalized spacial score (nSPS) is 28.0. The lowest BCUT2D eigenvalue weighted by Crippen LogP contribution is -2.19. The summed E-state index contributed by atoms with van der Waals surface area (Å²) < 4.78 is 9.52. The lowest BCUT2D eigenvalue weighted by Gasteiger charge is -2.16. The first kappa shape index (κ1) is 12.2. The largest absolute Gasteiger partial charge is 0.390 e. The summed E-state index contributed by atoms with van der Waals surface area (Å²) >= 11 is 7.01. The molecule has 96 valence electrons. The van der Waals surface area contributed by atoms with Gasteiger partial charge in [0.05, 0.1) is 27.9 Å². The van der Waals surface area contributed by atoms with Crippen molar-refractivity contribution in [3.8, 4) is 0 Å². The van der Waals surface area contributed by atoms with Crippen molar-refractivity contribution in [1.29, 1.82) is 0 Å². The van der Waals surface area contributed by atoms with E-state index in [2.05, 4.69) is 4.98 Å². The van der Waals surface area contributed by atoms with E-state index >= 15 is 0 Å². The molecule has 1 aliphatic rings. The molecule has 3 rings (SSSR count). The molecule has 0 bridgehead atoms. The number of aromatic nitrogens is 2. The number of thiazole rings is 1. The Balaban J connectivity index is 2.00. The van der Waals surface area contributed by atoms with E-state index in [1.807, 2.05) is 23.8 Å². The van der Waals surface area contributed by atoms with Crippen molar-refractivity contribution in [2.75, 3.05) is 0 Å². The Morgan fingerprint density at radius 3 is 3.22 bits per heavy atom. The van der Waals surface area contributed by atoms with Crippen molar-refractivity contribution in [1.82, 2.24) is 9.55 Å². The minimum absolute atomic E-state index is 0.0888. The Bertz CT molecular complexity index is 622. The van der Waals surface area contributed by atoms with Gasteiger partial charge in [0.15, 0.2) is 0 Å². The average molecular weight is 282 g/mol. The average Bonchev–Trinajstić information content (AvgIpc) is 2.96. The highest BCUT2D eigenvalue weighted by atomic mass is 32.1. The maximum absolute atomic E-state index is 9.90. The molecule has 2 aromatic rings. The van der Waals surface area contributed by atoms with E-state index in [4.69, 9.17) is 17.0 Å². The molecule has 3 heterocycles. The molecule has 2 aromatic heterocycles. The molecule has 1 unspecified atom stereocenters. The van der Waals surface area contributed by atoms with Gasteiger partial charge in [0.1, 0.15) is 10.9 Å². The van der Waals surface area contributed by atoms with Crippen LogP contribution in [0.2, 0.25) is 0 Å². The quantitative estimate of drug-likeness (QED) is 0.860. The van der Waals surface area contributed by atoms with Gasteiger partial charge in [-0.2, -0.15) is 0 Å². The third-order valence-corrected chi connectivity index (χ3v) is 4.73. The van der Waals surface area contributed by atoms with Crippen molar-refractivity contribution in [2.24, 2.45) is 0 Å². The number of pyridine rings is 1. The molecule has 0 aliphatic carbocycles. The molecule has 0 spiro atoms. The highest BCUT2D eigenvalue weighted by Gasteiger charge is 2.33. The van der Waals surface area contributed by atoms with Crippen LogP contribution < -0.4 is 0 Å². The van der Waals surface area contributed by atoms with Gasteiger partial charge in [-0.15, -0.1) is 11.3 Å². The van der Waals surface area contributed by atoms with Crippen LogP contribution in [0.3, 0.4) is 0 Å². The lowest BCUT2D eigenvalue weighted by atomic mass is 10.1. The van der Waals surface area contributed by atoms with Gasteiger partial charge in [-0.1, -0.05) is 19.1 Å². The highest BCUT2D eigenvalue weighted by molar-refractivity contribution is 7.71. The Labute approximate surface area is 114 Å². The third-order valence-electron chi connectivity index (χ3n) is 3.33. The summed E-state index contributed by atoms with van der Waals surface area (Å²) in [5, 5.41) is 9.90. The van der Waals surface area contributed by atoms with Crippen molar-refractivity contribution < 1.29 is 9.84 Å². The summed E-state index contributed by atoms with van der Waals surface area (Å²) in [5.41, 5.74) is 2.72. The maximum Gasteiger partial charge on any atom is 0.137 e. The van der Waals surface area contributed by atoms with E-state index in [1.54, 1.807) is 16.8 Å². The van der Waals surface area contributed by atoms with Gasteiger partial charge in [-0.05, 0) is 12.5 Å². The summed E-state index contributed by atoms with van der Waals surface area (Å²) in [7, 11) is 0. The highest BCUT2D eigenvalue weighted by Crippen LogP contribution is 2.32. The van der Waals surface area contributed by atoms with Crippen molar-refractivity contribution >= 4 is 33.8 Å². The summed E-state index contributed by atoms with van der Waals surface area (Å²) in [6.07, 6.45) is 2.65. The summed E-state index contributed by atoms with van der Waals surface area (Å²) in [6, 6.07) is 1.94. The first-order chi connectivity index (χ1) is 8.70. The molecular weight excluding hydrogens is 268 g/mol. The van der Waals surface area contributed by atoms with Crippen LogP contribution in [0.5, 0.6) is 0 Å². The van der Waals surface area contributed by atoms with Crippen LogP contribution >= 0.6 is 23.6 Å². The lowest BCUT2D eigenvalue weighted by molar-refractivity contribution is -0.0202. The van der Waals surface area contributed by atoms with Crippen LogP contribution in [-0.4, -0.2) is 26.9 Å². The molecule has 1 N–H and O–H groups in total. The van der Waals surface area contributed by atoms with Crippen LogP contribution in [0.1, 0.15) is 26.0 Å². The Kier molecular flexibility index (Phi) is 3.19. The van der Waals surface area contributed by atoms with Gasteiger partial charge in [0, 0.05) is 12.6 Å². The van der Waals surface area contributed by atoms with E-state index in [-0.39, 0.29) is 12.3 Å². The number of hydrogen-bond donors (Lipinski definition) is 1. The molecule has 6 heteroatoms. The zero-order chi connectivity index (χ0) is 12.7. The molecular formula is C12H14N2O2S2. The molecule has 1 saturated heterocycles. The minimum atomic E-state index is -0.404. The second-order valence-electron chi connectivity index (χ2n) is 4.44. The predicted octanol–water partition coefficient (Wildman–Crippen LogP) is 2.89. The zero-order valence-corrected chi connectivity index (χ0v) is 11.6. The van der Waals surface area contributed by atoms with E-state index in [0.29, 0.717) is 6.42 Å². The molecule has 1 aliphatic heterocycles. The molecule has 18 heavy (non-hydrogen) atoms. The van der Waals surface area contributed by atoms with Gasteiger partial charge in [-0.25, -0.2) is 4.98 Å². The first-order valence-corrected chi connectivity index (χ1v) is 7.27. The number of ether oxygens (including phenoxy) is 1. The molecule has 0 saturated carbocycles.